The van der Waals surface area contributed by atoms with Gasteiger partial charge >= 0.3 is 0 Å². The third-order valence-electron chi connectivity index (χ3n) is 4.08. The second-order valence-electron chi connectivity index (χ2n) is 6.30. The summed E-state index contributed by atoms with van der Waals surface area (Å²) in [6.45, 7) is 3.68. The molecule has 1 unspecified atom stereocenters. The number of amides is 1. The lowest BCUT2D eigenvalue weighted by Crippen LogP contribution is -2.27. The van der Waals surface area contributed by atoms with Crippen molar-refractivity contribution >= 4 is 18.3 Å². The molecule has 27 heavy (non-hydrogen) atoms. The maximum Gasteiger partial charge on any atom is 0.222 e. The quantitative estimate of drug-likeness (QED) is 0.606. The van der Waals surface area contributed by atoms with E-state index in [1.165, 1.54) is 0 Å². The molecule has 6 heteroatoms. The highest BCUT2D eigenvalue weighted by Crippen LogP contribution is 2.21. The molecule has 5 nitrogen and oxygen atoms in total. The Morgan fingerprint density at radius 2 is 1.89 bits per heavy atom. The number of carbonyl (C=O) groups excluding carboxylic acids is 1. The SMILES string of the molecule is COCCCOc1cc(C)ccc1CNC(=O)CC(N)c1ccccc1.Cl. The van der Waals surface area contributed by atoms with E-state index in [0.717, 1.165) is 28.9 Å². The summed E-state index contributed by atoms with van der Waals surface area (Å²) in [5.41, 5.74) is 9.14. The van der Waals surface area contributed by atoms with E-state index in [2.05, 4.69) is 5.32 Å². The summed E-state index contributed by atoms with van der Waals surface area (Å²) in [6, 6.07) is 15.3. The molecule has 0 spiro atoms. The van der Waals surface area contributed by atoms with E-state index in [4.69, 9.17) is 15.2 Å². The van der Waals surface area contributed by atoms with Gasteiger partial charge < -0.3 is 20.5 Å². The minimum atomic E-state index is -0.306. The highest BCUT2D eigenvalue weighted by molar-refractivity contribution is 5.85. The summed E-state index contributed by atoms with van der Waals surface area (Å²) in [5, 5.41) is 2.94. The third-order valence-corrected chi connectivity index (χ3v) is 4.08. The molecule has 0 bridgehead atoms. The van der Waals surface area contributed by atoms with E-state index < -0.39 is 0 Å². The number of nitrogens with two attached hydrogens (primary N) is 1. The number of hydrogen-bond donors (Lipinski definition) is 2. The standard InChI is InChI=1S/C21H28N2O3.ClH/c1-16-9-10-18(20(13-16)26-12-6-11-25-2)15-23-21(24)14-19(22)17-7-4-3-5-8-17;/h3-5,7-10,13,19H,6,11-12,14-15,22H2,1-2H3,(H,23,24);1H. The number of aryl methyl sites for hydroxylation is 1. The van der Waals surface area contributed by atoms with Gasteiger partial charge in [-0.05, 0) is 24.1 Å². The summed E-state index contributed by atoms with van der Waals surface area (Å²) in [4.78, 5) is 12.2. The van der Waals surface area contributed by atoms with Crippen molar-refractivity contribution in [1.82, 2.24) is 5.32 Å². The van der Waals surface area contributed by atoms with Gasteiger partial charge in [0.05, 0.1) is 6.61 Å². The zero-order valence-corrected chi connectivity index (χ0v) is 16.8. The average molecular weight is 393 g/mol. The maximum absolute atomic E-state index is 12.2. The van der Waals surface area contributed by atoms with E-state index in [1.807, 2.05) is 55.5 Å². The minimum absolute atomic E-state index is 0. The van der Waals surface area contributed by atoms with Crippen molar-refractivity contribution < 1.29 is 14.3 Å². The van der Waals surface area contributed by atoms with Crippen LogP contribution in [0.5, 0.6) is 5.75 Å². The zero-order chi connectivity index (χ0) is 18.8. The number of methoxy groups -OCH3 is 1. The lowest BCUT2D eigenvalue weighted by molar-refractivity contribution is -0.121. The molecule has 2 rings (SSSR count). The Hall–Kier alpha value is -2.08. The lowest BCUT2D eigenvalue weighted by atomic mass is 10.0. The average Bonchev–Trinajstić information content (AvgIpc) is 2.65. The molecule has 1 amide bonds. The van der Waals surface area contributed by atoms with Crippen LogP contribution in [0.1, 0.15) is 35.6 Å². The van der Waals surface area contributed by atoms with E-state index >= 15 is 0 Å². The van der Waals surface area contributed by atoms with E-state index in [9.17, 15) is 4.79 Å². The van der Waals surface area contributed by atoms with Gasteiger partial charge in [0.2, 0.25) is 5.91 Å². The van der Waals surface area contributed by atoms with Crippen LogP contribution in [0.25, 0.3) is 0 Å². The Morgan fingerprint density at radius 1 is 1.15 bits per heavy atom. The van der Waals surface area contributed by atoms with Crippen LogP contribution in [0.3, 0.4) is 0 Å². The molecule has 0 aliphatic rings. The van der Waals surface area contributed by atoms with Gasteiger partial charge in [0.15, 0.2) is 0 Å². The van der Waals surface area contributed by atoms with E-state index in [-0.39, 0.29) is 30.8 Å². The summed E-state index contributed by atoms with van der Waals surface area (Å²) < 4.78 is 10.9. The van der Waals surface area contributed by atoms with Crippen molar-refractivity contribution in [3.63, 3.8) is 0 Å². The molecule has 0 fully saturated rings. The molecule has 148 valence electrons. The number of halogens is 1. The Bertz CT molecular complexity index is 695. The molecule has 3 N–H and O–H groups in total. The van der Waals surface area contributed by atoms with Crippen molar-refractivity contribution in [1.29, 1.82) is 0 Å². The Kier molecular flexibility index (Phi) is 10.5. The summed E-state index contributed by atoms with van der Waals surface area (Å²) in [6.07, 6.45) is 1.07. The first-order valence-electron chi connectivity index (χ1n) is 8.88. The van der Waals surface area contributed by atoms with Gasteiger partial charge in [-0.25, -0.2) is 0 Å². The number of hydrogen-bond acceptors (Lipinski definition) is 4. The van der Waals surface area contributed by atoms with Gasteiger partial charge in [-0.15, -0.1) is 12.4 Å². The van der Waals surface area contributed by atoms with Crippen LogP contribution in [-0.4, -0.2) is 26.2 Å². The molecule has 0 aliphatic carbocycles. The number of carbonyl (C=O) groups is 1. The molecule has 0 aromatic heterocycles. The van der Waals surface area contributed by atoms with E-state index in [1.54, 1.807) is 7.11 Å². The monoisotopic (exact) mass is 392 g/mol. The van der Waals surface area contributed by atoms with Gasteiger partial charge in [0.1, 0.15) is 5.75 Å². The molecule has 0 radical (unpaired) electrons. The molecule has 2 aromatic carbocycles. The van der Waals surface area contributed by atoms with Crippen molar-refractivity contribution in [3.8, 4) is 5.75 Å². The second-order valence-corrected chi connectivity index (χ2v) is 6.30. The van der Waals surface area contributed by atoms with Crippen LogP contribution in [0.2, 0.25) is 0 Å². The molecular weight excluding hydrogens is 364 g/mol. The Morgan fingerprint density at radius 3 is 2.59 bits per heavy atom. The molecular formula is C21H29ClN2O3. The first-order chi connectivity index (χ1) is 12.6. The molecule has 0 saturated heterocycles. The van der Waals surface area contributed by atoms with E-state index in [0.29, 0.717) is 19.8 Å². The van der Waals surface area contributed by atoms with Gasteiger partial charge in [0.25, 0.3) is 0 Å². The lowest BCUT2D eigenvalue weighted by Gasteiger charge is -2.15. The summed E-state index contributed by atoms with van der Waals surface area (Å²) in [5.74, 6) is 0.723. The molecule has 0 heterocycles. The van der Waals surface area contributed by atoms with Crippen LogP contribution in [0.15, 0.2) is 48.5 Å². The summed E-state index contributed by atoms with van der Waals surface area (Å²) >= 11 is 0. The highest BCUT2D eigenvalue weighted by Gasteiger charge is 2.12. The molecule has 0 saturated carbocycles. The van der Waals surface area contributed by atoms with Crippen molar-refractivity contribution in [3.05, 3.63) is 65.2 Å². The fraction of sp³-hybridized carbons (Fsp3) is 0.381. The number of ether oxygens (including phenoxy) is 2. The third kappa shape index (κ3) is 7.99. The first-order valence-corrected chi connectivity index (χ1v) is 8.88. The Balaban J connectivity index is 0.00000364. The molecule has 0 aliphatic heterocycles. The molecule has 2 aromatic rings. The summed E-state index contributed by atoms with van der Waals surface area (Å²) in [7, 11) is 1.67. The first kappa shape index (κ1) is 23.0. The fourth-order valence-electron chi connectivity index (χ4n) is 2.61. The van der Waals surface area contributed by atoms with Crippen molar-refractivity contribution in [2.75, 3.05) is 20.3 Å². The van der Waals surface area contributed by atoms with Crippen LogP contribution >= 0.6 is 12.4 Å². The maximum atomic E-state index is 12.2. The minimum Gasteiger partial charge on any atom is -0.493 e. The topological polar surface area (TPSA) is 73.6 Å². The van der Waals surface area contributed by atoms with Crippen LogP contribution in [-0.2, 0) is 16.1 Å². The van der Waals surface area contributed by atoms with Gasteiger partial charge in [0, 0.05) is 44.7 Å². The predicted octanol–water partition coefficient (Wildman–Crippen LogP) is 3.54. The smallest absolute Gasteiger partial charge is 0.222 e. The normalized spacial score (nSPS) is 11.4. The van der Waals surface area contributed by atoms with Crippen LogP contribution < -0.4 is 15.8 Å². The number of benzene rings is 2. The second kappa shape index (κ2) is 12.3. The Labute approximate surface area is 167 Å². The fourth-order valence-corrected chi connectivity index (χ4v) is 2.61. The zero-order valence-electron chi connectivity index (χ0n) is 15.9. The number of nitrogens with one attached hydrogen (secondary N) is 1. The van der Waals surface area contributed by atoms with Crippen LogP contribution in [0, 0.1) is 6.92 Å². The largest absolute Gasteiger partial charge is 0.493 e. The highest BCUT2D eigenvalue weighted by atomic mass is 35.5. The van der Waals surface area contributed by atoms with Crippen molar-refractivity contribution in [2.45, 2.75) is 32.4 Å². The van der Waals surface area contributed by atoms with Crippen molar-refractivity contribution in [2.24, 2.45) is 5.73 Å². The van der Waals surface area contributed by atoms with Gasteiger partial charge in [-0.2, -0.15) is 0 Å². The predicted molar refractivity (Wildman–Crippen MR) is 110 cm³/mol. The van der Waals surface area contributed by atoms with Gasteiger partial charge in [-0.1, -0.05) is 42.5 Å². The molecule has 1 atom stereocenters. The number of rotatable bonds is 10. The van der Waals surface area contributed by atoms with Crippen LogP contribution in [0.4, 0.5) is 0 Å². The van der Waals surface area contributed by atoms with Gasteiger partial charge in [-0.3, -0.25) is 4.79 Å².